The summed E-state index contributed by atoms with van der Waals surface area (Å²) >= 11 is 0. The van der Waals surface area contributed by atoms with Crippen LogP contribution in [0.3, 0.4) is 0 Å². The lowest BCUT2D eigenvalue weighted by atomic mass is 10.1. The molecule has 0 spiro atoms. The molecular weight excluding hydrogens is 263 g/mol. The molecule has 1 fully saturated rings. The molecule has 5 nitrogen and oxygen atoms in total. The summed E-state index contributed by atoms with van der Waals surface area (Å²) in [6, 6.07) is 2.47. The molecule has 1 aliphatic heterocycles. The van der Waals surface area contributed by atoms with Gasteiger partial charge in [0.25, 0.3) is 5.91 Å². The molecule has 1 amide bonds. The molecule has 2 rings (SSSR count). The highest BCUT2D eigenvalue weighted by molar-refractivity contribution is 5.96. The molecule has 0 aromatic heterocycles. The van der Waals surface area contributed by atoms with E-state index in [-0.39, 0.29) is 23.2 Å². The number of nitrogens with zero attached hydrogens (tertiary/aromatic N) is 1. The molecule has 1 aliphatic rings. The Morgan fingerprint density at radius 2 is 2.25 bits per heavy atom. The maximum absolute atomic E-state index is 14.0. The lowest BCUT2D eigenvalue weighted by molar-refractivity contribution is 0.0626. The minimum atomic E-state index is -0.628. The average molecular weight is 282 g/mol. The molecule has 1 aromatic carbocycles. The summed E-state index contributed by atoms with van der Waals surface area (Å²) in [4.78, 5) is 14.1. The van der Waals surface area contributed by atoms with Gasteiger partial charge in [-0.3, -0.25) is 4.79 Å². The summed E-state index contributed by atoms with van der Waals surface area (Å²) in [5.41, 5.74) is 5.78. The smallest absolute Gasteiger partial charge is 0.257 e. The van der Waals surface area contributed by atoms with Crippen molar-refractivity contribution in [2.45, 2.75) is 18.9 Å². The number of nitrogens with two attached hydrogens (primary N) is 1. The van der Waals surface area contributed by atoms with E-state index in [0.29, 0.717) is 18.9 Å². The van der Waals surface area contributed by atoms with Crippen molar-refractivity contribution >= 4 is 11.6 Å². The highest BCUT2D eigenvalue weighted by Gasteiger charge is 2.31. The Labute approximate surface area is 117 Å². The molecule has 20 heavy (non-hydrogen) atoms. The second-order valence-corrected chi connectivity index (χ2v) is 4.82. The van der Waals surface area contributed by atoms with Crippen LogP contribution in [0.5, 0.6) is 5.75 Å². The fraction of sp³-hybridized carbons (Fsp3) is 0.500. The molecule has 0 unspecified atom stereocenters. The van der Waals surface area contributed by atoms with Crippen LogP contribution in [0.15, 0.2) is 12.1 Å². The number of methoxy groups -OCH3 is 2. The van der Waals surface area contributed by atoms with E-state index in [1.807, 2.05) is 0 Å². The first-order valence-electron chi connectivity index (χ1n) is 6.51. The summed E-state index contributed by atoms with van der Waals surface area (Å²) in [6.45, 7) is 1.07. The van der Waals surface area contributed by atoms with E-state index in [4.69, 9.17) is 15.2 Å². The number of carbonyl (C=O) groups excluding carboxylic acids is 1. The normalized spacial score (nSPS) is 18.4. The van der Waals surface area contributed by atoms with Crippen molar-refractivity contribution in [2.75, 3.05) is 33.1 Å². The quantitative estimate of drug-likeness (QED) is 0.853. The van der Waals surface area contributed by atoms with Gasteiger partial charge >= 0.3 is 0 Å². The van der Waals surface area contributed by atoms with Crippen molar-refractivity contribution in [2.24, 2.45) is 0 Å². The number of likely N-dealkylation sites (tertiary alicyclic amines) is 1. The number of amides is 1. The van der Waals surface area contributed by atoms with Crippen molar-refractivity contribution in [3.63, 3.8) is 0 Å². The molecule has 2 N–H and O–H groups in total. The molecular formula is C14H19FN2O3. The summed E-state index contributed by atoms with van der Waals surface area (Å²) in [6.07, 6.45) is 1.76. The van der Waals surface area contributed by atoms with E-state index < -0.39 is 5.82 Å². The highest BCUT2D eigenvalue weighted by Crippen LogP contribution is 2.28. The monoisotopic (exact) mass is 282 g/mol. The minimum absolute atomic E-state index is 0.00421. The zero-order valence-electron chi connectivity index (χ0n) is 11.7. The third kappa shape index (κ3) is 2.70. The molecule has 110 valence electrons. The van der Waals surface area contributed by atoms with Crippen LogP contribution in [0.25, 0.3) is 0 Å². The number of carbonyl (C=O) groups is 1. The van der Waals surface area contributed by atoms with Gasteiger partial charge in [-0.05, 0) is 18.9 Å². The van der Waals surface area contributed by atoms with Gasteiger partial charge < -0.3 is 20.1 Å². The van der Waals surface area contributed by atoms with Crippen LogP contribution >= 0.6 is 0 Å². The Kier molecular flexibility index (Phi) is 4.44. The Morgan fingerprint density at radius 3 is 2.90 bits per heavy atom. The molecule has 1 saturated heterocycles. The predicted molar refractivity (Wildman–Crippen MR) is 73.3 cm³/mol. The summed E-state index contributed by atoms with van der Waals surface area (Å²) in [7, 11) is 3.02. The van der Waals surface area contributed by atoms with Crippen LogP contribution < -0.4 is 10.5 Å². The van der Waals surface area contributed by atoms with Gasteiger partial charge in [-0.1, -0.05) is 0 Å². The van der Waals surface area contributed by atoms with Gasteiger partial charge in [-0.15, -0.1) is 0 Å². The van der Waals surface area contributed by atoms with Crippen LogP contribution in [0.2, 0.25) is 0 Å². The van der Waals surface area contributed by atoms with Crippen LogP contribution in [0.1, 0.15) is 23.2 Å². The van der Waals surface area contributed by atoms with Gasteiger partial charge in [0.1, 0.15) is 11.6 Å². The second kappa shape index (κ2) is 6.09. The lowest BCUT2D eigenvalue weighted by Gasteiger charge is -2.24. The topological polar surface area (TPSA) is 64.8 Å². The fourth-order valence-corrected chi connectivity index (χ4v) is 2.53. The Balaban J connectivity index is 2.28. The van der Waals surface area contributed by atoms with E-state index in [1.54, 1.807) is 12.0 Å². The molecule has 1 atom stereocenters. The number of halogens is 1. The number of rotatable bonds is 4. The van der Waals surface area contributed by atoms with Crippen LogP contribution in [-0.4, -0.2) is 44.2 Å². The lowest BCUT2D eigenvalue weighted by Crippen LogP contribution is -2.38. The molecule has 1 heterocycles. The van der Waals surface area contributed by atoms with E-state index in [1.165, 1.54) is 13.2 Å². The van der Waals surface area contributed by atoms with Gasteiger partial charge in [0.15, 0.2) is 0 Å². The van der Waals surface area contributed by atoms with Crippen molar-refractivity contribution in [3.8, 4) is 5.75 Å². The minimum Gasteiger partial charge on any atom is -0.495 e. The third-order valence-corrected chi connectivity index (χ3v) is 3.55. The van der Waals surface area contributed by atoms with Crippen LogP contribution in [0, 0.1) is 5.82 Å². The van der Waals surface area contributed by atoms with Gasteiger partial charge in [-0.2, -0.15) is 0 Å². The summed E-state index contributed by atoms with van der Waals surface area (Å²) < 4.78 is 24.1. The largest absolute Gasteiger partial charge is 0.495 e. The van der Waals surface area contributed by atoms with Gasteiger partial charge in [0.2, 0.25) is 0 Å². The molecule has 1 aromatic rings. The van der Waals surface area contributed by atoms with Crippen molar-refractivity contribution < 1.29 is 18.7 Å². The first kappa shape index (κ1) is 14.6. The molecule has 0 saturated carbocycles. The van der Waals surface area contributed by atoms with Crippen molar-refractivity contribution in [3.05, 3.63) is 23.5 Å². The highest BCUT2D eigenvalue weighted by atomic mass is 19.1. The number of hydrogen-bond donors (Lipinski definition) is 1. The zero-order chi connectivity index (χ0) is 14.7. The molecule has 6 heteroatoms. The fourth-order valence-electron chi connectivity index (χ4n) is 2.53. The van der Waals surface area contributed by atoms with Crippen LogP contribution in [0.4, 0.5) is 10.1 Å². The zero-order valence-corrected chi connectivity index (χ0v) is 11.7. The first-order valence-corrected chi connectivity index (χ1v) is 6.51. The van der Waals surface area contributed by atoms with Crippen molar-refractivity contribution in [1.29, 1.82) is 0 Å². The third-order valence-electron chi connectivity index (χ3n) is 3.55. The van der Waals surface area contributed by atoms with E-state index in [0.717, 1.165) is 18.9 Å². The van der Waals surface area contributed by atoms with Crippen molar-refractivity contribution in [1.82, 2.24) is 4.90 Å². The second-order valence-electron chi connectivity index (χ2n) is 4.82. The van der Waals surface area contributed by atoms with Gasteiger partial charge in [-0.25, -0.2) is 4.39 Å². The molecule has 0 radical (unpaired) electrons. The molecule has 0 bridgehead atoms. The number of anilines is 1. The standard InChI is InChI=1S/C14H19FN2O3/c1-19-8-9-4-3-5-17(9)14(18)10-6-13(20-2)12(16)7-11(10)15/h6-7,9H,3-5,8,16H2,1-2H3/t9-/m0/s1. The Hall–Kier alpha value is -1.82. The van der Waals surface area contributed by atoms with E-state index in [2.05, 4.69) is 0 Å². The number of hydrogen-bond acceptors (Lipinski definition) is 4. The van der Waals surface area contributed by atoms with E-state index in [9.17, 15) is 9.18 Å². The summed E-state index contributed by atoms with van der Waals surface area (Å²) in [5.74, 6) is -0.672. The summed E-state index contributed by atoms with van der Waals surface area (Å²) in [5, 5.41) is 0. The van der Waals surface area contributed by atoms with Gasteiger partial charge in [0, 0.05) is 19.7 Å². The Morgan fingerprint density at radius 1 is 1.50 bits per heavy atom. The number of benzene rings is 1. The average Bonchev–Trinajstić information content (AvgIpc) is 2.87. The maximum atomic E-state index is 14.0. The van der Waals surface area contributed by atoms with Gasteiger partial charge in [0.05, 0.1) is 31.0 Å². The number of nitrogen functional groups attached to an aromatic ring is 1. The SMILES string of the molecule is COC[C@@H]1CCCN1C(=O)c1cc(OC)c(N)cc1F. The molecule has 0 aliphatic carbocycles. The van der Waals surface area contributed by atoms with Crippen LogP contribution in [-0.2, 0) is 4.74 Å². The Bertz CT molecular complexity index is 507. The first-order chi connectivity index (χ1) is 9.58. The predicted octanol–water partition coefficient (Wildman–Crippen LogP) is 1.67. The maximum Gasteiger partial charge on any atom is 0.257 e. The number of ether oxygens (including phenoxy) is 2. The van der Waals surface area contributed by atoms with E-state index >= 15 is 0 Å².